The molecule has 0 unspecified atom stereocenters. The van der Waals surface area contributed by atoms with Crippen molar-refractivity contribution in [3.8, 4) is 0 Å². The van der Waals surface area contributed by atoms with Gasteiger partial charge in [-0.25, -0.2) is 8.42 Å². The van der Waals surface area contributed by atoms with Crippen molar-refractivity contribution in [2.24, 2.45) is 0 Å². The van der Waals surface area contributed by atoms with E-state index in [0.717, 1.165) is 56.3 Å². The molecule has 2 aromatic carbocycles. The van der Waals surface area contributed by atoms with E-state index >= 15 is 0 Å². The van der Waals surface area contributed by atoms with Crippen molar-refractivity contribution in [2.75, 3.05) is 41.3 Å². The van der Waals surface area contributed by atoms with Crippen LogP contribution in [0.4, 0.5) is 17.1 Å². The van der Waals surface area contributed by atoms with Gasteiger partial charge in [0.25, 0.3) is 0 Å². The number of anilines is 3. The predicted molar refractivity (Wildman–Crippen MR) is 136 cm³/mol. The predicted octanol–water partition coefficient (Wildman–Crippen LogP) is 3.51. The minimum absolute atomic E-state index is 0.149. The van der Waals surface area contributed by atoms with Crippen LogP contribution in [-0.4, -0.2) is 56.8 Å². The fourth-order valence-corrected chi connectivity index (χ4v) is 6.83. The van der Waals surface area contributed by atoms with E-state index in [0.29, 0.717) is 24.5 Å². The minimum Gasteiger partial charge on any atom is -0.358 e. The Labute approximate surface area is 206 Å². The topological polar surface area (TPSA) is 90.0 Å². The first-order valence-corrected chi connectivity index (χ1v) is 13.9. The molecule has 3 aliphatic rings. The third kappa shape index (κ3) is 4.67. The number of piperidine rings is 2. The number of benzene rings is 2. The van der Waals surface area contributed by atoms with Crippen LogP contribution in [0.15, 0.2) is 47.4 Å². The van der Waals surface area contributed by atoms with Crippen LogP contribution < -0.4 is 15.1 Å². The van der Waals surface area contributed by atoms with E-state index in [-0.39, 0.29) is 29.3 Å². The van der Waals surface area contributed by atoms with E-state index in [9.17, 15) is 18.0 Å². The molecule has 0 saturated carbocycles. The number of carbonyl (C=O) groups excluding carboxylic acids is 2. The van der Waals surface area contributed by atoms with Crippen molar-refractivity contribution in [3.05, 3.63) is 48.0 Å². The molecular formula is C26H32N4O4S. The molecule has 2 amide bonds. The molecule has 3 heterocycles. The molecule has 8 nitrogen and oxygen atoms in total. The van der Waals surface area contributed by atoms with Gasteiger partial charge in [-0.3, -0.25) is 14.5 Å². The highest BCUT2D eigenvalue weighted by atomic mass is 32.2. The van der Waals surface area contributed by atoms with Crippen molar-refractivity contribution >= 4 is 38.9 Å². The summed E-state index contributed by atoms with van der Waals surface area (Å²) < 4.78 is 28.3. The van der Waals surface area contributed by atoms with Crippen LogP contribution in [0.3, 0.4) is 0 Å². The van der Waals surface area contributed by atoms with Crippen molar-refractivity contribution in [1.82, 2.24) is 4.31 Å². The number of sulfonamides is 1. The molecule has 2 fully saturated rings. The highest BCUT2D eigenvalue weighted by Gasteiger charge is 2.41. The third-order valence-electron chi connectivity index (χ3n) is 7.19. The standard InChI is InChI=1S/C26H32N4O4S/c1-19-8-10-20(11-9-19)27-25(31)18-30-24-17-21(35(33,34)28-14-4-2-5-15-28)12-13-22(24)29-16-6-3-7-23(29)26(30)32/h8-13,17,23H,2-7,14-16,18H2,1H3,(H,27,31)/t23-/m0/s1. The van der Waals surface area contributed by atoms with E-state index in [1.165, 1.54) is 9.21 Å². The van der Waals surface area contributed by atoms with E-state index in [1.54, 1.807) is 12.1 Å². The fraction of sp³-hybridized carbons (Fsp3) is 0.462. The first kappa shape index (κ1) is 23.8. The number of hydrogen-bond donors (Lipinski definition) is 1. The van der Waals surface area contributed by atoms with E-state index in [4.69, 9.17) is 0 Å². The van der Waals surface area contributed by atoms with Crippen LogP contribution in [-0.2, 0) is 19.6 Å². The zero-order valence-corrected chi connectivity index (χ0v) is 20.9. The van der Waals surface area contributed by atoms with Gasteiger partial charge < -0.3 is 10.2 Å². The second kappa shape index (κ2) is 9.62. The number of nitrogens with zero attached hydrogens (tertiary/aromatic N) is 3. The Kier molecular flexibility index (Phi) is 6.55. The number of nitrogens with one attached hydrogen (secondary N) is 1. The van der Waals surface area contributed by atoms with Crippen LogP contribution in [0, 0.1) is 6.92 Å². The summed E-state index contributed by atoms with van der Waals surface area (Å²) in [6.07, 6.45) is 5.39. The summed E-state index contributed by atoms with van der Waals surface area (Å²) in [4.78, 5) is 30.2. The maximum absolute atomic E-state index is 13.6. The Hall–Kier alpha value is -2.91. The Morgan fingerprint density at radius 2 is 1.66 bits per heavy atom. The molecule has 0 spiro atoms. The second-order valence-electron chi connectivity index (χ2n) is 9.66. The lowest BCUT2D eigenvalue weighted by molar-refractivity contribution is -0.123. The quantitative estimate of drug-likeness (QED) is 0.684. The minimum atomic E-state index is -3.67. The van der Waals surface area contributed by atoms with Gasteiger partial charge in [-0.2, -0.15) is 4.31 Å². The first-order chi connectivity index (χ1) is 16.8. The maximum atomic E-state index is 13.6. The summed E-state index contributed by atoms with van der Waals surface area (Å²) in [6, 6.07) is 12.2. The number of fused-ring (bicyclic) bond motifs is 3. The van der Waals surface area contributed by atoms with Gasteiger partial charge in [0.2, 0.25) is 21.8 Å². The van der Waals surface area contributed by atoms with Gasteiger partial charge in [0.1, 0.15) is 12.6 Å². The molecule has 2 saturated heterocycles. The zero-order chi connectivity index (χ0) is 24.6. The molecule has 0 aromatic heterocycles. The molecule has 9 heteroatoms. The largest absolute Gasteiger partial charge is 0.358 e. The van der Waals surface area contributed by atoms with Gasteiger partial charge in [0, 0.05) is 25.3 Å². The molecule has 2 aromatic rings. The van der Waals surface area contributed by atoms with Crippen LogP contribution in [0.25, 0.3) is 0 Å². The zero-order valence-electron chi connectivity index (χ0n) is 20.1. The average Bonchev–Trinajstić information content (AvgIpc) is 2.88. The number of hydrogen-bond acceptors (Lipinski definition) is 5. The Morgan fingerprint density at radius 1 is 0.943 bits per heavy atom. The normalized spacial score (nSPS) is 20.8. The summed E-state index contributed by atoms with van der Waals surface area (Å²) in [7, 11) is -3.67. The number of rotatable bonds is 5. The lowest BCUT2D eigenvalue weighted by Crippen LogP contribution is -2.56. The van der Waals surface area contributed by atoms with Crippen molar-refractivity contribution in [1.29, 1.82) is 0 Å². The summed E-state index contributed by atoms with van der Waals surface area (Å²) in [5, 5.41) is 2.86. The molecule has 35 heavy (non-hydrogen) atoms. The van der Waals surface area contributed by atoms with Crippen molar-refractivity contribution in [2.45, 2.75) is 56.4 Å². The van der Waals surface area contributed by atoms with Gasteiger partial charge in [-0.05, 0) is 69.4 Å². The summed E-state index contributed by atoms with van der Waals surface area (Å²) in [5.41, 5.74) is 3.05. The van der Waals surface area contributed by atoms with Gasteiger partial charge >= 0.3 is 0 Å². The van der Waals surface area contributed by atoms with Gasteiger partial charge in [-0.1, -0.05) is 24.1 Å². The molecule has 1 N–H and O–H groups in total. The fourth-order valence-electron chi connectivity index (χ4n) is 5.30. The lowest BCUT2D eigenvalue weighted by Gasteiger charge is -2.45. The molecule has 0 radical (unpaired) electrons. The van der Waals surface area contributed by atoms with Gasteiger partial charge in [0.05, 0.1) is 16.3 Å². The third-order valence-corrected chi connectivity index (χ3v) is 9.09. The molecule has 3 aliphatic heterocycles. The Bertz CT molecular complexity index is 1220. The van der Waals surface area contributed by atoms with Crippen LogP contribution in [0.5, 0.6) is 0 Å². The van der Waals surface area contributed by atoms with E-state index in [1.807, 2.05) is 37.3 Å². The van der Waals surface area contributed by atoms with Crippen molar-refractivity contribution < 1.29 is 18.0 Å². The smallest absolute Gasteiger partial charge is 0.250 e. The van der Waals surface area contributed by atoms with Crippen LogP contribution >= 0.6 is 0 Å². The van der Waals surface area contributed by atoms with Crippen LogP contribution in [0.1, 0.15) is 44.1 Å². The van der Waals surface area contributed by atoms with E-state index in [2.05, 4.69) is 10.2 Å². The highest BCUT2D eigenvalue weighted by Crippen LogP contribution is 2.41. The molecule has 0 bridgehead atoms. The average molecular weight is 497 g/mol. The maximum Gasteiger partial charge on any atom is 0.250 e. The number of carbonyl (C=O) groups is 2. The lowest BCUT2D eigenvalue weighted by atomic mass is 9.96. The summed E-state index contributed by atoms with van der Waals surface area (Å²) >= 11 is 0. The molecule has 5 rings (SSSR count). The van der Waals surface area contributed by atoms with Crippen molar-refractivity contribution in [3.63, 3.8) is 0 Å². The molecular weight excluding hydrogens is 464 g/mol. The SMILES string of the molecule is Cc1ccc(NC(=O)CN2C(=O)[C@@H]3CCCCN3c3ccc(S(=O)(=O)N4CCCCC4)cc32)cc1. The van der Waals surface area contributed by atoms with Gasteiger partial charge in [0.15, 0.2) is 0 Å². The molecule has 186 valence electrons. The molecule has 1 atom stereocenters. The first-order valence-electron chi connectivity index (χ1n) is 12.4. The summed E-state index contributed by atoms with van der Waals surface area (Å²) in [6.45, 7) is 3.56. The van der Waals surface area contributed by atoms with Crippen LogP contribution in [0.2, 0.25) is 0 Å². The monoisotopic (exact) mass is 496 g/mol. The second-order valence-corrected chi connectivity index (χ2v) is 11.6. The molecule has 0 aliphatic carbocycles. The summed E-state index contributed by atoms with van der Waals surface area (Å²) in [5.74, 6) is -0.467. The van der Waals surface area contributed by atoms with Gasteiger partial charge in [-0.15, -0.1) is 0 Å². The highest BCUT2D eigenvalue weighted by molar-refractivity contribution is 7.89. The number of amides is 2. The van der Waals surface area contributed by atoms with E-state index < -0.39 is 10.0 Å². The Balaban J connectivity index is 1.48. The number of aryl methyl sites for hydroxylation is 1. The Morgan fingerprint density at radius 3 is 2.40 bits per heavy atom.